The summed E-state index contributed by atoms with van der Waals surface area (Å²) in [6, 6.07) is 10.6. The van der Waals surface area contributed by atoms with Crippen LogP contribution in [0.3, 0.4) is 0 Å². The lowest BCUT2D eigenvalue weighted by molar-refractivity contribution is -0.274. The lowest BCUT2D eigenvalue weighted by atomic mass is 9.78. The van der Waals surface area contributed by atoms with Gasteiger partial charge >= 0.3 is 6.36 Å². The maximum absolute atomic E-state index is 12.3. The fourth-order valence-corrected chi connectivity index (χ4v) is 4.21. The molecule has 1 fully saturated rings. The molecule has 0 N–H and O–H groups in total. The van der Waals surface area contributed by atoms with E-state index in [-0.39, 0.29) is 5.75 Å². The molecule has 0 saturated heterocycles. The Hall–Kier alpha value is -1.71. The molecule has 142 valence electrons. The van der Waals surface area contributed by atoms with Crippen molar-refractivity contribution in [2.45, 2.75) is 64.7 Å². The minimum absolute atomic E-state index is 0.165. The van der Waals surface area contributed by atoms with Crippen LogP contribution in [0.1, 0.15) is 57.4 Å². The third kappa shape index (κ3) is 5.39. The number of rotatable bonds is 6. The van der Waals surface area contributed by atoms with Gasteiger partial charge in [-0.25, -0.2) is 0 Å². The summed E-state index contributed by atoms with van der Waals surface area (Å²) in [6.45, 7) is 2.27. The van der Waals surface area contributed by atoms with E-state index in [9.17, 15) is 13.2 Å². The van der Waals surface area contributed by atoms with Crippen LogP contribution in [0.5, 0.6) is 5.75 Å². The van der Waals surface area contributed by atoms with Crippen molar-refractivity contribution in [2.24, 2.45) is 11.8 Å². The minimum Gasteiger partial charge on any atom is -0.406 e. The Kier molecular flexibility index (Phi) is 6.10. The molecule has 0 aliphatic heterocycles. The van der Waals surface area contributed by atoms with Crippen LogP contribution in [-0.4, -0.2) is 6.36 Å². The van der Waals surface area contributed by atoms with Crippen molar-refractivity contribution in [2.75, 3.05) is 0 Å². The topological polar surface area (TPSA) is 9.23 Å². The number of ether oxygens (including phenoxy) is 1. The second-order valence-corrected chi connectivity index (χ2v) is 7.61. The molecule has 26 heavy (non-hydrogen) atoms. The number of alkyl halides is 3. The van der Waals surface area contributed by atoms with Gasteiger partial charge in [-0.15, -0.1) is 13.2 Å². The van der Waals surface area contributed by atoms with Crippen LogP contribution in [0.15, 0.2) is 36.4 Å². The molecule has 1 aliphatic carbocycles. The van der Waals surface area contributed by atoms with E-state index in [0.717, 1.165) is 29.0 Å². The summed E-state index contributed by atoms with van der Waals surface area (Å²) < 4.78 is 41.0. The highest BCUT2D eigenvalue weighted by atomic mass is 19.4. The van der Waals surface area contributed by atoms with Crippen LogP contribution in [0, 0.1) is 11.8 Å². The molecular weight excluding hydrogens is 337 g/mol. The zero-order valence-corrected chi connectivity index (χ0v) is 15.3. The summed E-state index contributed by atoms with van der Waals surface area (Å²) in [5, 5.41) is 1.74. The Morgan fingerprint density at radius 2 is 1.50 bits per heavy atom. The molecule has 0 amide bonds. The average molecular weight is 364 g/mol. The maximum Gasteiger partial charge on any atom is 0.573 e. The first kappa shape index (κ1) is 19.1. The predicted molar refractivity (Wildman–Crippen MR) is 99.3 cm³/mol. The van der Waals surface area contributed by atoms with Crippen LogP contribution in [0.4, 0.5) is 13.2 Å². The number of halogens is 3. The van der Waals surface area contributed by atoms with E-state index in [1.54, 1.807) is 6.07 Å². The molecule has 1 aliphatic rings. The lowest BCUT2D eigenvalue weighted by Crippen LogP contribution is -2.16. The van der Waals surface area contributed by atoms with Crippen molar-refractivity contribution >= 4 is 10.8 Å². The van der Waals surface area contributed by atoms with Gasteiger partial charge in [0.1, 0.15) is 5.75 Å². The Morgan fingerprint density at radius 3 is 2.15 bits per heavy atom. The number of hydrogen-bond donors (Lipinski definition) is 0. The Bertz CT molecular complexity index is 715. The van der Waals surface area contributed by atoms with Gasteiger partial charge in [0.2, 0.25) is 0 Å². The van der Waals surface area contributed by atoms with Crippen LogP contribution >= 0.6 is 0 Å². The minimum atomic E-state index is -4.65. The van der Waals surface area contributed by atoms with Gasteiger partial charge in [0.05, 0.1) is 0 Å². The van der Waals surface area contributed by atoms with Crippen LogP contribution < -0.4 is 4.74 Å². The summed E-state index contributed by atoms with van der Waals surface area (Å²) in [5.41, 5.74) is 1.26. The molecule has 2 aromatic rings. The van der Waals surface area contributed by atoms with E-state index in [1.807, 2.05) is 12.1 Å². The fraction of sp³-hybridized carbons (Fsp3) is 0.545. The Balaban J connectivity index is 1.57. The fourth-order valence-electron chi connectivity index (χ4n) is 4.21. The van der Waals surface area contributed by atoms with Gasteiger partial charge in [0.15, 0.2) is 0 Å². The number of hydrogen-bond acceptors (Lipinski definition) is 1. The van der Waals surface area contributed by atoms with Gasteiger partial charge in [0, 0.05) is 0 Å². The van der Waals surface area contributed by atoms with Crippen LogP contribution in [0.25, 0.3) is 10.8 Å². The van der Waals surface area contributed by atoms with Crippen molar-refractivity contribution in [1.29, 1.82) is 0 Å². The summed E-state index contributed by atoms with van der Waals surface area (Å²) in [4.78, 5) is 0. The standard InChI is InChI=1S/C22H27F3O/c1-2-3-16-4-6-17(7-5-16)8-9-18-10-11-20-15-21(26-22(23,24)25)13-12-19(20)14-18/h10-17H,2-9H2,1H3. The molecule has 1 saturated carbocycles. The van der Waals surface area contributed by atoms with Gasteiger partial charge < -0.3 is 4.74 Å². The molecule has 0 unspecified atom stereocenters. The number of fused-ring (bicyclic) bond motifs is 1. The molecule has 0 aromatic heterocycles. The van der Waals surface area contributed by atoms with Gasteiger partial charge in [-0.2, -0.15) is 0 Å². The molecular formula is C22H27F3O. The first-order valence-electron chi connectivity index (χ1n) is 9.71. The van der Waals surface area contributed by atoms with Crippen molar-refractivity contribution in [3.8, 4) is 5.75 Å². The highest BCUT2D eigenvalue weighted by molar-refractivity contribution is 5.84. The van der Waals surface area contributed by atoms with Gasteiger partial charge in [-0.05, 0) is 53.1 Å². The molecule has 1 nitrogen and oxygen atoms in total. The van der Waals surface area contributed by atoms with Crippen LogP contribution in [0.2, 0.25) is 0 Å². The van der Waals surface area contributed by atoms with E-state index >= 15 is 0 Å². The second kappa shape index (κ2) is 8.32. The largest absolute Gasteiger partial charge is 0.573 e. The van der Waals surface area contributed by atoms with E-state index in [2.05, 4.69) is 17.7 Å². The second-order valence-electron chi connectivity index (χ2n) is 7.61. The summed E-state index contributed by atoms with van der Waals surface area (Å²) >= 11 is 0. The molecule has 4 heteroatoms. The molecule has 0 radical (unpaired) electrons. The summed E-state index contributed by atoms with van der Waals surface area (Å²) in [7, 11) is 0. The van der Waals surface area contributed by atoms with Crippen LogP contribution in [-0.2, 0) is 6.42 Å². The molecule has 0 spiro atoms. The predicted octanol–water partition coefficient (Wildman–Crippen LogP) is 7.28. The molecule has 3 rings (SSSR count). The van der Waals surface area contributed by atoms with Crippen molar-refractivity contribution in [3.63, 3.8) is 0 Å². The van der Waals surface area contributed by atoms with Crippen molar-refractivity contribution in [1.82, 2.24) is 0 Å². The number of aryl methyl sites for hydroxylation is 1. The third-order valence-electron chi connectivity index (χ3n) is 5.61. The zero-order chi connectivity index (χ0) is 18.6. The summed E-state index contributed by atoms with van der Waals surface area (Å²) in [5.74, 6) is 1.59. The van der Waals surface area contributed by atoms with Gasteiger partial charge in [0.25, 0.3) is 0 Å². The molecule has 0 heterocycles. The quantitative estimate of drug-likeness (QED) is 0.523. The third-order valence-corrected chi connectivity index (χ3v) is 5.61. The lowest BCUT2D eigenvalue weighted by Gasteiger charge is -2.28. The van der Waals surface area contributed by atoms with E-state index in [1.165, 1.54) is 62.6 Å². The first-order valence-corrected chi connectivity index (χ1v) is 9.71. The highest BCUT2D eigenvalue weighted by Crippen LogP contribution is 2.34. The maximum atomic E-state index is 12.3. The molecule has 0 atom stereocenters. The Morgan fingerprint density at radius 1 is 0.885 bits per heavy atom. The van der Waals surface area contributed by atoms with E-state index in [0.29, 0.717) is 0 Å². The zero-order valence-electron chi connectivity index (χ0n) is 15.3. The summed E-state index contributed by atoms with van der Waals surface area (Å²) in [6.07, 6.45) is 5.70. The average Bonchev–Trinajstić information content (AvgIpc) is 2.60. The smallest absolute Gasteiger partial charge is 0.406 e. The van der Waals surface area contributed by atoms with Gasteiger partial charge in [-0.1, -0.05) is 69.7 Å². The highest BCUT2D eigenvalue weighted by Gasteiger charge is 2.31. The van der Waals surface area contributed by atoms with Crippen molar-refractivity contribution < 1.29 is 17.9 Å². The monoisotopic (exact) mass is 364 g/mol. The van der Waals surface area contributed by atoms with Crippen molar-refractivity contribution in [3.05, 3.63) is 42.0 Å². The first-order chi connectivity index (χ1) is 12.4. The molecule has 0 bridgehead atoms. The van der Waals surface area contributed by atoms with Gasteiger partial charge in [-0.3, -0.25) is 0 Å². The SMILES string of the molecule is CCCC1CCC(CCc2ccc3cc(OC(F)(F)F)ccc3c2)CC1. The normalized spacial score (nSPS) is 21.1. The Labute approximate surface area is 153 Å². The van der Waals surface area contributed by atoms with E-state index < -0.39 is 6.36 Å². The van der Waals surface area contributed by atoms with E-state index in [4.69, 9.17) is 0 Å². The molecule has 2 aromatic carbocycles. The number of benzene rings is 2.